The highest BCUT2D eigenvalue weighted by Crippen LogP contribution is 2.36. The van der Waals surface area contributed by atoms with Crippen LogP contribution in [0.1, 0.15) is 17.3 Å². The van der Waals surface area contributed by atoms with Crippen molar-refractivity contribution < 1.29 is 9.59 Å². The number of rotatable bonds is 3. The van der Waals surface area contributed by atoms with Crippen LogP contribution < -0.4 is 5.32 Å². The molecule has 4 heterocycles. The molecule has 4 rings (SSSR count). The van der Waals surface area contributed by atoms with Gasteiger partial charge in [-0.3, -0.25) is 14.7 Å². The molecule has 1 N–H and O–H groups in total. The molecule has 0 aliphatic carbocycles. The number of nitrogens with zero attached hydrogens (tertiary/aromatic N) is 3. The van der Waals surface area contributed by atoms with Crippen molar-refractivity contribution in [3.63, 3.8) is 0 Å². The third-order valence-corrected chi connectivity index (χ3v) is 5.09. The van der Waals surface area contributed by atoms with Crippen LogP contribution in [0.15, 0.2) is 52.5 Å². The van der Waals surface area contributed by atoms with Gasteiger partial charge in [-0.2, -0.15) is 11.3 Å². The van der Waals surface area contributed by atoms with Crippen LogP contribution in [-0.2, 0) is 11.3 Å². The van der Waals surface area contributed by atoms with Crippen molar-refractivity contribution in [2.24, 2.45) is 0 Å². The molecule has 0 saturated carbocycles. The van der Waals surface area contributed by atoms with Crippen LogP contribution in [0.2, 0.25) is 0 Å². The minimum atomic E-state index is -0.379. The van der Waals surface area contributed by atoms with Gasteiger partial charge in [-0.1, -0.05) is 6.07 Å². The van der Waals surface area contributed by atoms with Crippen LogP contribution in [0.25, 0.3) is 0 Å². The van der Waals surface area contributed by atoms with E-state index >= 15 is 0 Å². The number of amides is 3. The maximum atomic E-state index is 13.0. The Balaban J connectivity index is 1.67. The van der Waals surface area contributed by atoms with E-state index in [0.29, 0.717) is 18.7 Å². The quantitative estimate of drug-likeness (QED) is 0.931. The fraction of sp³-hybridized carbons (Fsp3) is 0.235. The molecule has 0 saturated heterocycles. The Labute approximate surface area is 143 Å². The minimum Gasteiger partial charge on any atom is -0.327 e. The topological polar surface area (TPSA) is 65.5 Å². The number of hydrogen-bond acceptors (Lipinski definition) is 4. The molecule has 24 heavy (non-hydrogen) atoms. The summed E-state index contributed by atoms with van der Waals surface area (Å²) in [5.74, 6) is -0.0429. The lowest BCUT2D eigenvalue weighted by Gasteiger charge is -2.30. The van der Waals surface area contributed by atoms with E-state index in [9.17, 15) is 9.59 Å². The summed E-state index contributed by atoms with van der Waals surface area (Å²) >= 11 is 1.55. The van der Waals surface area contributed by atoms with Crippen LogP contribution >= 0.6 is 11.3 Å². The molecular formula is C17H16N4O2S. The Hall–Kier alpha value is -2.67. The third kappa shape index (κ3) is 2.37. The van der Waals surface area contributed by atoms with Crippen LogP contribution in [0.4, 0.5) is 4.79 Å². The Kier molecular flexibility index (Phi) is 3.57. The number of carbonyl (C=O) groups excluding carboxylic acids is 2. The molecule has 0 unspecified atom stereocenters. The van der Waals surface area contributed by atoms with E-state index in [-0.39, 0.29) is 18.0 Å². The molecule has 0 radical (unpaired) electrons. The molecule has 2 aliphatic rings. The van der Waals surface area contributed by atoms with E-state index in [4.69, 9.17) is 0 Å². The molecule has 6 nitrogen and oxygen atoms in total. The summed E-state index contributed by atoms with van der Waals surface area (Å²) in [7, 11) is 1.70. The summed E-state index contributed by atoms with van der Waals surface area (Å²) < 4.78 is 0. The number of pyridine rings is 1. The van der Waals surface area contributed by atoms with Crippen molar-refractivity contribution in [2.75, 3.05) is 13.6 Å². The summed E-state index contributed by atoms with van der Waals surface area (Å²) in [6, 6.07) is 7.03. The van der Waals surface area contributed by atoms with Crippen LogP contribution in [0, 0.1) is 0 Å². The molecule has 0 fully saturated rings. The SMILES string of the molecule is CN1C(=O)N[C@H](c2ccsc2)C2=C1CN(Cc1ccccn1)C2=O. The van der Waals surface area contributed by atoms with Crippen molar-refractivity contribution in [3.05, 3.63) is 63.7 Å². The molecule has 2 aliphatic heterocycles. The van der Waals surface area contributed by atoms with Crippen molar-refractivity contribution in [1.29, 1.82) is 0 Å². The number of hydrogen-bond donors (Lipinski definition) is 1. The Morgan fingerprint density at radius 2 is 2.21 bits per heavy atom. The second-order valence-electron chi connectivity index (χ2n) is 5.84. The molecule has 0 spiro atoms. The van der Waals surface area contributed by atoms with Gasteiger partial charge in [0.15, 0.2) is 0 Å². The van der Waals surface area contributed by atoms with E-state index < -0.39 is 0 Å². The zero-order valence-electron chi connectivity index (χ0n) is 13.1. The number of aromatic nitrogens is 1. The average molecular weight is 340 g/mol. The van der Waals surface area contributed by atoms with Gasteiger partial charge in [0.25, 0.3) is 5.91 Å². The van der Waals surface area contributed by atoms with Gasteiger partial charge in [-0.25, -0.2) is 4.79 Å². The predicted octanol–water partition coefficient (Wildman–Crippen LogP) is 2.14. The molecule has 2 aromatic heterocycles. The van der Waals surface area contributed by atoms with Gasteiger partial charge in [0.1, 0.15) is 0 Å². The van der Waals surface area contributed by atoms with E-state index in [2.05, 4.69) is 10.3 Å². The predicted molar refractivity (Wildman–Crippen MR) is 90.0 cm³/mol. The van der Waals surface area contributed by atoms with Crippen molar-refractivity contribution in [2.45, 2.75) is 12.6 Å². The van der Waals surface area contributed by atoms with E-state index in [1.165, 1.54) is 4.90 Å². The number of likely N-dealkylation sites (N-methyl/N-ethyl adjacent to an activating group) is 1. The van der Waals surface area contributed by atoms with Gasteiger partial charge in [0, 0.05) is 13.2 Å². The molecule has 7 heteroatoms. The van der Waals surface area contributed by atoms with Gasteiger partial charge >= 0.3 is 6.03 Å². The van der Waals surface area contributed by atoms with Crippen molar-refractivity contribution in [3.8, 4) is 0 Å². The highest BCUT2D eigenvalue weighted by Gasteiger charge is 2.42. The molecule has 0 aromatic carbocycles. The highest BCUT2D eigenvalue weighted by atomic mass is 32.1. The molecule has 0 bridgehead atoms. The van der Waals surface area contributed by atoms with Gasteiger partial charge in [0.2, 0.25) is 0 Å². The van der Waals surface area contributed by atoms with E-state index in [0.717, 1.165) is 17.0 Å². The molecule has 122 valence electrons. The van der Waals surface area contributed by atoms with Gasteiger partial charge in [0.05, 0.1) is 36.1 Å². The number of carbonyl (C=O) groups is 2. The van der Waals surface area contributed by atoms with Crippen molar-refractivity contribution >= 4 is 23.3 Å². The molecule has 3 amide bonds. The summed E-state index contributed by atoms with van der Waals surface area (Å²) in [5, 5.41) is 6.84. The van der Waals surface area contributed by atoms with Crippen LogP contribution in [0.5, 0.6) is 0 Å². The Morgan fingerprint density at radius 1 is 1.33 bits per heavy atom. The van der Waals surface area contributed by atoms with E-state index in [1.54, 1.807) is 29.5 Å². The second kappa shape index (κ2) is 5.76. The van der Waals surface area contributed by atoms with Crippen molar-refractivity contribution in [1.82, 2.24) is 20.1 Å². The van der Waals surface area contributed by atoms with Gasteiger partial charge in [-0.15, -0.1) is 0 Å². The number of urea groups is 1. The first-order chi connectivity index (χ1) is 11.6. The van der Waals surface area contributed by atoms with Crippen LogP contribution in [0.3, 0.4) is 0 Å². The zero-order chi connectivity index (χ0) is 16.7. The largest absolute Gasteiger partial charge is 0.327 e. The lowest BCUT2D eigenvalue weighted by Crippen LogP contribution is -2.45. The van der Waals surface area contributed by atoms with Gasteiger partial charge < -0.3 is 10.2 Å². The molecule has 1 atom stereocenters. The number of nitrogens with one attached hydrogen (secondary N) is 1. The molecule has 2 aromatic rings. The summed E-state index contributed by atoms with van der Waals surface area (Å²) in [6.45, 7) is 0.861. The summed E-state index contributed by atoms with van der Waals surface area (Å²) in [5.41, 5.74) is 3.21. The van der Waals surface area contributed by atoms with Gasteiger partial charge in [-0.05, 0) is 34.5 Å². The normalized spacial score (nSPS) is 20.5. The fourth-order valence-electron chi connectivity index (χ4n) is 3.13. The lowest BCUT2D eigenvalue weighted by molar-refractivity contribution is -0.126. The molecular weight excluding hydrogens is 324 g/mol. The first-order valence-corrected chi connectivity index (χ1v) is 8.58. The Bertz CT molecular complexity index is 816. The maximum Gasteiger partial charge on any atom is 0.322 e. The second-order valence-corrected chi connectivity index (χ2v) is 6.62. The fourth-order valence-corrected chi connectivity index (χ4v) is 3.81. The summed E-state index contributed by atoms with van der Waals surface area (Å²) in [6.07, 6.45) is 1.72. The monoisotopic (exact) mass is 340 g/mol. The Morgan fingerprint density at radius 3 is 2.92 bits per heavy atom. The average Bonchev–Trinajstić information content (AvgIpc) is 3.22. The smallest absolute Gasteiger partial charge is 0.322 e. The first kappa shape index (κ1) is 14.9. The highest BCUT2D eigenvalue weighted by molar-refractivity contribution is 7.08. The standard InChI is InChI=1S/C17H16N4O2S/c1-20-13-9-21(8-12-4-2-3-6-18-12)16(22)14(13)15(19-17(20)23)11-5-7-24-10-11/h2-7,10,15H,8-9H2,1H3,(H,19,23)/t15-/m1/s1. The minimum absolute atomic E-state index is 0.0429. The van der Waals surface area contributed by atoms with Crippen LogP contribution in [-0.4, -0.2) is 40.3 Å². The number of thiophene rings is 1. The first-order valence-electron chi connectivity index (χ1n) is 7.63. The maximum absolute atomic E-state index is 13.0. The lowest BCUT2D eigenvalue weighted by atomic mass is 9.98. The zero-order valence-corrected chi connectivity index (χ0v) is 13.9. The third-order valence-electron chi connectivity index (χ3n) is 4.39. The van der Waals surface area contributed by atoms with E-state index in [1.807, 2.05) is 35.0 Å². The summed E-state index contributed by atoms with van der Waals surface area (Å²) in [4.78, 5) is 32.8.